The average Bonchev–Trinajstić information content (AvgIpc) is 2.68. The summed E-state index contributed by atoms with van der Waals surface area (Å²) in [5.41, 5.74) is 0.853. The zero-order valence-electron chi connectivity index (χ0n) is 15.1. The van der Waals surface area contributed by atoms with Gasteiger partial charge in [-0.1, -0.05) is 36.8 Å². The highest BCUT2D eigenvalue weighted by Crippen LogP contribution is 2.13. The van der Waals surface area contributed by atoms with Crippen LogP contribution in [0.2, 0.25) is 0 Å². The number of benzene rings is 1. The van der Waals surface area contributed by atoms with Gasteiger partial charge in [-0.25, -0.2) is 8.42 Å². The molecule has 0 radical (unpaired) electrons. The van der Waals surface area contributed by atoms with Gasteiger partial charge in [0.1, 0.15) is 0 Å². The molecule has 0 aromatic heterocycles. The number of amides is 1. The summed E-state index contributed by atoms with van der Waals surface area (Å²) in [5.74, 6) is 0.115. The van der Waals surface area contributed by atoms with Crippen LogP contribution >= 0.6 is 0 Å². The maximum absolute atomic E-state index is 12.5. The Morgan fingerprint density at radius 1 is 0.923 bits per heavy atom. The van der Waals surface area contributed by atoms with E-state index in [0.717, 1.165) is 31.5 Å². The molecule has 1 aromatic carbocycles. The Morgan fingerprint density at radius 2 is 1.58 bits per heavy atom. The van der Waals surface area contributed by atoms with Crippen LogP contribution in [0.5, 0.6) is 0 Å². The molecule has 2 fully saturated rings. The predicted octanol–water partition coefficient (Wildman–Crippen LogP) is 1.62. The third-order valence-corrected chi connectivity index (χ3v) is 6.56. The summed E-state index contributed by atoms with van der Waals surface area (Å²) in [6.07, 6.45) is 5.18. The molecule has 2 aliphatic heterocycles. The molecule has 6 nitrogen and oxygen atoms in total. The van der Waals surface area contributed by atoms with Gasteiger partial charge in [-0.15, -0.1) is 0 Å². The first-order valence-electron chi connectivity index (χ1n) is 9.28. The largest absolute Gasteiger partial charge is 0.339 e. The number of hydrogen-bond acceptors (Lipinski definition) is 4. The Morgan fingerprint density at radius 3 is 2.23 bits per heavy atom. The first-order chi connectivity index (χ1) is 12.5. The van der Waals surface area contributed by atoms with E-state index in [0.29, 0.717) is 32.7 Å². The molecule has 1 amide bonds. The third kappa shape index (κ3) is 5.16. The van der Waals surface area contributed by atoms with Gasteiger partial charge in [-0.3, -0.25) is 9.69 Å². The van der Waals surface area contributed by atoms with Crippen LogP contribution in [0.15, 0.2) is 35.7 Å². The first-order valence-corrected chi connectivity index (χ1v) is 10.8. The van der Waals surface area contributed by atoms with E-state index in [-0.39, 0.29) is 5.91 Å². The SMILES string of the molecule is O=C(CN1CCCCC1)N1CCN(S(=O)(=O)/C=C/c2ccccc2)CC1. The lowest BCUT2D eigenvalue weighted by molar-refractivity contribution is -0.133. The predicted molar refractivity (Wildman–Crippen MR) is 103 cm³/mol. The Hall–Kier alpha value is -1.70. The van der Waals surface area contributed by atoms with Gasteiger partial charge in [-0.2, -0.15) is 4.31 Å². The summed E-state index contributed by atoms with van der Waals surface area (Å²) < 4.78 is 26.4. The summed E-state index contributed by atoms with van der Waals surface area (Å²) >= 11 is 0. The quantitative estimate of drug-likeness (QED) is 0.782. The van der Waals surface area contributed by atoms with Crippen LogP contribution in [0.4, 0.5) is 0 Å². The molecule has 1 aromatic rings. The number of rotatable bonds is 5. The van der Waals surface area contributed by atoms with E-state index in [2.05, 4.69) is 4.90 Å². The fourth-order valence-electron chi connectivity index (χ4n) is 3.42. The molecule has 2 aliphatic rings. The monoisotopic (exact) mass is 377 g/mol. The van der Waals surface area contributed by atoms with Gasteiger partial charge in [0.25, 0.3) is 0 Å². The van der Waals surface area contributed by atoms with E-state index >= 15 is 0 Å². The molecular formula is C19H27N3O3S. The smallest absolute Gasteiger partial charge is 0.236 e. The summed E-state index contributed by atoms with van der Waals surface area (Å²) in [6.45, 7) is 4.08. The van der Waals surface area contributed by atoms with Crippen molar-refractivity contribution in [1.29, 1.82) is 0 Å². The van der Waals surface area contributed by atoms with Crippen LogP contribution in [-0.4, -0.2) is 74.2 Å². The Bertz CT molecular complexity index is 720. The average molecular weight is 378 g/mol. The number of piperidine rings is 1. The number of likely N-dealkylation sites (tertiary alicyclic amines) is 1. The number of nitrogens with zero attached hydrogens (tertiary/aromatic N) is 3. The molecule has 0 atom stereocenters. The van der Waals surface area contributed by atoms with Gasteiger partial charge in [0.2, 0.25) is 15.9 Å². The molecule has 142 valence electrons. The topological polar surface area (TPSA) is 60.9 Å². The van der Waals surface area contributed by atoms with E-state index in [9.17, 15) is 13.2 Å². The van der Waals surface area contributed by atoms with Crippen molar-refractivity contribution in [2.24, 2.45) is 0 Å². The molecule has 7 heteroatoms. The van der Waals surface area contributed by atoms with Crippen molar-refractivity contribution in [1.82, 2.24) is 14.1 Å². The second-order valence-electron chi connectivity index (χ2n) is 6.88. The van der Waals surface area contributed by atoms with E-state index in [1.165, 1.54) is 16.1 Å². The molecule has 0 N–H and O–H groups in total. The molecule has 0 bridgehead atoms. The fraction of sp³-hybridized carbons (Fsp3) is 0.526. The molecule has 0 aliphatic carbocycles. The summed E-state index contributed by atoms with van der Waals surface area (Å²) in [6, 6.07) is 9.37. The van der Waals surface area contributed by atoms with Crippen LogP contribution < -0.4 is 0 Å². The highest BCUT2D eigenvalue weighted by atomic mass is 32.2. The van der Waals surface area contributed by atoms with Crippen LogP contribution in [-0.2, 0) is 14.8 Å². The van der Waals surface area contributed by atoms with Gasteiger partial charge >= 0.3 is 0 Å². The minimum absolute atomic E-state index is 0.115. The normalized spacial score (nSPS) is 20.5. The van der Waals surface area contributed by atoms with E-state index in [1.807, 2.05) is 30.3 Å². The van der Waals surface area contributed by atoms with Gasteiger partial charge in [-0.05, 0) is 37.6 Å². The summed E-state index contributed by atoms with van der Waals surface area (Å²) in [7, 11) is -3.45. The number of piperazine rings is 1. The molecular weight excluding hydrogens is 350 g/mol. The second kappa shape index (κ2) is 8.79. The van der Waals surface area contributed by atoms with Crippen molar-refractivity contribution in [3.05, 3.63) is 41.3 Å². The lowest BCUT2D eigenvalue weighted by Gasteiger charge is -2.35. The highest BCUT2D eigenvalue weighted by Gasteiger charge is 2.28. The second-order valence-corrected chi connectivity index (χ2v) is 8.69. The minimum atomic E-state index is -3.45. The maximum atomic E-state index is 12.5. The van der Waals surface area contributed by atoms with Crippen molar-refractivity contribution in [2.45, 2.75) is 19.3 Å². The molecule has 2 heterocycles. The molecule has 0 saturated carbocycles. The standard InChI is InChI=1S/C19H27N3O3S/c23-19(17-20-10-5-2-6-11-20)21-12-14-22(15-13-21)26(24,25)16-9-18-7-3-1-4-8-18/h1,3-4,7-9,16H,2,5-6,10-15,17H2/b16-9+. The van der Waals surface area contributed by atoms with Crippen molar-refractivity contribution in [3.8, 4) is 0 Å². The van der Waals surface area contributed by atoms with Gasteiger partial charge in [0, 0.05) is 31.6 Å². The molecule has 3 rings (SSSR count). The van der Waals surface area contributed by atoms with Crippen LogP contribution in [0.3, 0.4) is 0 Å². The molecule has 2 saturated heterocycles. The third-order valence-electron chi connectivity index (χ3n) is 4.99. The molecule has 26 heavy (non-hydrogen) atoms. The van der Waals surface area contributed by atoms with Crippen molar-refractivity contribution < 1.29 is 13.2 Å². The van der Waals surface area contributed by atoms with Gasteiger partial charge < -0.3 is 4.90 Å². The lowest BCUT2D eigenvalue weighted by atomic mass is 10.1. The Labute approximate surface area is 156 Å². The number of carbonyl (C=O) groups is 1. The van der Waals surface area contributed by atoms with Crippen molar-refractivity contribution in [3.63, 3.8) is 0 Å². The van der Waals surface area contributed by atoms with E-state index in [4.69, 9.17) is 0 Å². The Balaban J connectivity index is 1.50. The van der Waals surface area contributed by atoms with Gasteiger partial charge in [0.05, 0.1) is 6.54 Å². The lowest BCUT2D eigenvalue weighted by Crippen LogP contribution is -2.52. The van der Waals surface area contributed by atoms with E-state index < -0.39 is 10.0 Å². The minimum Gasteiger partial charge on any atom is -0.339 e. The maximum Gasteiger partial charge on any atom is 0.236 e. The van der Waals surface area contributed by atoms with Crippen LogP contribution in [0.25, 0.3) is 6.08 Å². The van der Waals surface area contributed by atoms with Crippen LogP contribution in [0.1, 0.15) is 24.8 Å². The Kier molecular flexibility index (Phi) is 6.45. The summed E-state index contributed by atoms with van der Waals surface area (Å²) in [4.78, 5) is 16.4. The van der Waals surface area contributed by atoms with Crippen molar-refractivity contribution >= 4 is 22.0 Å². The number of carbonyl (C=O) groups excluding carboxylic acids is 1. The zero-order chi connectivity index (χ0) is 18.4. The summed E-state index contributed by atoms with van der Waals surface area (Å²) in [5, 5.41) is 1.26. The van der Waals surface area contributed by atoms with E-state index in [1.54, 1.807) is 11.0 Å². The molecule has 0 unspecified atom stereocenters. The fourth-order valence-corrected chi connectivity index (χ4v) is 4.59. The first kappa shape index (κ1) is 19.1. The molecule has 0 spiro atoms. The van der Waals surface area contributed by atoms with Crippen LogP contribution in [0, 0.1) is 0 Å². The zero-order valence-corrected chi connectivity index (χ0v) is 15.9. The highest BCUT2D eigenvalue weighted by molar-refractivity contribution is 7.92. The van der Waals surface area contributed by atoms with Crippen molar-refractivity contribution in [2.75, 3.05) is 45.8 Å². The number of sulfonamides is 1. The number of hydrogen-bond donors (Lipinski definition) is 0. The van der Waals surface area contributed by atoms with Gasteiger partial charge in [0.15, 0.2) is 0 Å².